The Balaban J connectivity index is 2.16. The van der Waals surface area contributed by atoms with Gasteiger partial charge >= 0.3 is 0 Å². The highest BCUT2D eigenvalue weighted by Gasteiger charge is 2.17. The van der Waals surface area contributed by atoms with E-state index in [1.165, 1.54) is 62.6 Å². The molecule has 0 aliphatic carbocycles. The van der Waals surface area contributed by atoms with Crippen LogP contribution in [0.4, 0.5) is 5.69 Å². The van der Waals surface area contributed by atoms with Crippen LogP contribution in [0.1, 0.15) is 10.4 Å². The Morgan fingerprint density at radius 2 is 1.32 bits per heavy atom. The van der Waals surface area contributed by atoms with E-state index in [1.54, 1.807) is 0 Å². The van der Waals surface area contributed by atoms with Crippen LogP contribution in [0.2, 0.25) is 0 Å². The number of nitrogens with zero attached hydrogens (tertiary/aromatic N) is 1. The number of sulfonamides is 1. The molecule has 0 heterocycles. The van der Waals surface area contributed by atoms with Crippen LogP contribution in [-0.2, 0) is 19.9 Å². The van der Waals surface area contributed by atoms with Crippen molar-refractivity contribution in [2.75, 3.05) is 25.7 Å². The fourth-order valence-corrected chi connectivity index (χ4v) is 3.51. The van der Waals surface area contributed by atoms with Crippen LogP contribution < -0.4 is 5.32 Å². The summed E-state index contributed by atoms with van der Waals surface area (Å²) < 4.78 is 47.9. The summed E-state index contributed by atoms with van der Waals surface area (Å²) in [4.78, 5) is 12.4. The van der Waals surface area contributed by atoms with Gasteiger partial charge in [0.2, 0.25) is 10.0 Å². The first-order chi connectivity index (χ1) is 11.5. The molecule has 0 aliphatic rings. The smallest absolute Gasteiger partial charge is 0.255 e. The minimum absolute atomic E-state index is 0.119. The number of anilines is 1. The topological polar surface area (TPSA) is 101 Å². The van der Waals surface area contributed by atoms with Gasteiger partial charge in [-0.2, -0.15) is 0 Å². The highest BCUT2D eigenvalue weighted by molar-refractivity contribution is 7.90. The Bertz CT molecular complexity index is 978. The van der Waals surface area contributed by atoms with E-state index < -0.39 is 25.8 Å². The molecule has 0 spiro atoms. The number of nitrogens with one attached hydrogen (secondary N) is 1. The molecule has 0 saturated heterocycles. The van der Waals surface area contributed by atoms with E-state index in [1.807, 2.05) is 0 Å². The Labute approximate surface area is 147 Å². The number of sulfone groups is 1. The molecule has 2 rings (SSSR count). The quantitative estimate of drug-likeness (QED) is 0.846. The van der Waals surface area contributed by atoms with E-state index in [0.29, 0.717) is 5.69 Å². The van der Waals surface area contributed by atoms with Crippen molar-refractivity contribution in [2.45, 2.75) is 9.79 Å². The molecular weight excluding hydrogens is 364 g/mol. The van der Waals surface area contributed by atoms with E-state index >= 15 is 0 Å². The summed E-state index contributed by atoms with van der Waals surface area (Å²) in [5.74, 6) is -0.428. The van der Waals surface area contributed by atoms with Crippen molar-refractivity contribution >= 4 is 31.5 Å². The number of hydrogen-bond donors (Lipinski definition) is 1. The fourth-order valence-electron chi connectivity index (χ4n) is 1.98. The van der Waals surface area contributed by atoms with Crippen LogP contribution in [-0.4, -0.2) is 47.4 Å². The van der Waals surface area contributed by atoms with Gasteiger partial charge in [0.25, 0.3) is 5.91 Å². The summed E-state index contributed by atoms with van der Waals surface area (Å²) in [6, 6.07) is 11.3. The Morgan fingerprint density at radius 3 is 1.76 bits per heavy atom. The standard InChI is InChI=1S/C16H18N2O5S2/c1-18(2)25(22,23)15-10-6-13(7-11-15)17-16(19)12-4-8-14(9-5-12)24(3,20)21/h4-11H,1-3H3,(H,17,19). The summed E-state index contributed by atoms with van der Waals surface area (Å²) >= 11 is 0. The third-order valence-corrected chi connectivity index (χ3v) is 6.39. The van der Waals surface area contributed by atoms with Gasteiger partial charge in [-0.05, 0) is 48.5 Å². The zero-order valence-corrected chi connectivity index (χ0v) is 15.6. The molecule has 0 saturated carbocycles. The molecule has 134 valence electrons. The van der Waals surface area contributed by atoms with Crippen LogP contribution in [0.15, 0.2) is 58.3 Å². The van der Waals surface area contributed by atoms with Gasteiger partial charge in [-0.25, -0.2) is 21.1 Å². The molecule has 0 aliphatic heterocycles. The summed E-state index contributed by atoms with van der Waals surface area (Å²) in [7, 11) is -3.98. The lowest BCUT2D eigenvalue weighted by Gasteiger charge is -2.12. The zero-order chi connectivity index (χ0) is 18.8. The molecule has 0 radical (unpaired) electrons. The molecule has 0 atom stereocenters. The number of carbonyl (C=O) groups is 1. The molecule has 2 aromatic carbocycles. The molecule has 0 unspecified atom stereocenters. The normalized spacial score (nSPS) is 12.2. The number of amides is 1. The maximum atomic E-state index is 12.2. The first kappa shape index (κ1) is 19.1. The van der Waals surface area contributed by atoms with Crippen molar-refractivity contribution in [1.29, 1.82) is 0 Å². The lowest BCUT2D eigenvalue weighted by molar-refractivity contribution is 0.102. The maximum Gasteiger partial charge on any atom is 0.255 e. The summed E-state index contributed by atoms with van der Waals surface area (Å²) in [6.45, 7) is 0. The number of rotatable bonds is 5. The van der Waals surface area contributed by atoms with E-state index in [9.17, 15) is 21.6 Å². The van der Waals surface area contributed by atoms with E-state index in [4.69, 9.17) is 0 Å². The van der Waals surface area contributed by atoms with E-state index in [0.717, 1.165) is 10.6 Å². The van der Waals surface area contributed by atoms with Crippen molar-refractivity contribution in [1.82, 2.24) is 4.31 Å². The Kier molecular flexibility index (Phi) is 5.31. The van der Waals surface area contributed by atoms with E-state index in [2.05, 4.69) is 5.32 Å². The van der Waals surface area contributed by atoms with Gasteiger partial charge in [0, 0.05) is 31.6 Å². The van der Waals surface area contributed by atoms with Crippen LogP contribution in [0.25, 0.3) is 0 Å². The van der Waals surface area contributed by atoms with Gasteiger partial charge < -0.3 is 5.32 Å². The molecule has 1 amide bonds. The molecule has 0 aromatic heterocycles. The molecule has 0 bridgehead atoms. The third kappa shape index (κ3) is 4.44. The number of hydrogen-bond acceptors (Lipinski definition) is 5. The lowest BCUT2D eigenvalue weighted by Crippen LogP contribution is -2.22. The van der Waals surface area contributed by atoms with Crippen molar-refractivity contribution in [3.63, 3.8) is 0 Å². The average molecular weight is 382 g/mol. The van der Waals surface area contributed by atoms with Crippen molar-refractivity contribution in [3.05, 3.63) is 54.1 Å². The highest BCUT2D eigenvalue weighted by atomic mass is 32.2. The van der Waals surface area contributed by atoms with Gasteiger partial charge in [0.05, 0.1) is 9.79 Å². The van der Waals surface area contributed by atoms with Crippen LogP contribution in [0.5, 0.6) is 0 Å². The monoisotopic (exact) mass is 382 g/mol. The molecule has 1 N–H and O–H groups in total. The molecule has 0 fully saturated rings. The second-order valence-corrected chi connectivity index (χ2v) is 9.73. The number of benzene rings is 2. The van der Waals surface area contributed by atoms with Crippen molar-refractivity contribution < 1.29 is 21.6 Å². The molecule has 2 aromatic rings. The predicted molar refractivity (Wildman–Crippen MR) is 94.8 cm³/mol. The third-order valence-electron chi connectivity index (χ3n) is 3.44. The average Bonchev–Trinajstić information content (AvgIpc) is 2.54. The molecule has 9 heteroatoms. The van der Waals surface area contributed by atoms with E-state index in [-0.39, 0.29) is 15.4 Å². The maximum absolute atomic E-state index is 12.2. The van der Waals surface area contributed by atoms with Crippen molar-refractivity contribution in [2.24, 2.45) is 0 Å². The second kappa shape index (κ2) is 6.95. The first-order valence-corrected chi connectivity index (χ1v) is 10.5. The van der Waals surface area contributed by atoms with Crippen LogP contribution in [0, 0.1) is 0 Å². The van der Waals surface area contributed by atoms with Gasteiger partial charge in [0.15, 0.2) is 9.84 Å². The fraction of sp³-hybridized carbons (Fsp3) is 0.188. The Hall–Kier alpha value is -2.23. The van der Waals surface area contributed by atoms with Gasteiger partial charge in [0.1, 0.15) is 0 Å². The predicted octanol–water partition coefficient (Wildman–Crippen LogP) is 1.59. The zero-order valence-electron chi connectivity index (χ0n) is 13.9. The SMILES string of the molecule is CN(C)S(=O)(=O)c1ccc(NC(=O)c2ccc(S(C)(=O)=O)cc2)cc1. The van der Waals surface area contributed by atoms with Crippen LogP contribution >= 0.6 is 0 Å². The minimum Gasteiger partial charge on any atom is -0.322 e. The molecule has 25 heavy (non-hydrogen) atoms. The Morgan fingerprint density at radius 1 is 0.840 bits per heavy atom. The second-order valence-electron chi connectivity index (χ2n) is 5.56. The minimum atomic E-state index is -3.53. The summed E-state index contributed by atoms with van der Waals surface area (Å²) in [5.41, 5.74) is 0.715. The van der Waals surface area contributed by atoms with Gasteiger partial charge in [-0.1, -0.05) is 0 Å². The van der Waals surface area contributed by atoms with Crippen molar-refractivity contribution in [3.8, 4) is 0 Å². The summed E-state index contributed by atoms with van der Waals surface area (Å²) in [6.07, 6.45) is 1.09. The van der Waals surface area contributed by atoms with Gasteiger partial charge in [-0.15, -0.1) is 0 Å². The number of carbonyl (C=O) groups excluding carboxylic acids is 1. The first-order valence-electron chi connectivity index (χ1n) is 7.16. The molecular formula is C16H18N2O5S2. The van der Waals surface area contributed by atoms with Crippen LogP contribution in [0.3, 0.4) is 0 Å². The highest BCUT2D eigenvalue weighted by Crippen LogP contribution is 2.18. The summed E-state index contributed by atoms with van der Waals surface area (Å²) in [5, 5.41) is 2.63. The van der Waals surface area contributed by atoms with Gasteiger partial charge in [-0.3, -0.25) is 4.79 Å². The largest absolute Gasteiger partial charge is 0.322 e. The lowest BCUT2D eigenvalue weighted by atomic mass is 10.2. The molecule has 7 nitrogen and oxygen atoms in total.